The summed E-state index contributed by atoms with van der Waals surface area (Å²) in [5.41, 5.74) is 0.288. The van der Waals surface area contributed by atoms with Crippen molar-refractivity contribution in [1.29, 1.82) is 0 Å². The van der Waals surface area contributed by atoms with Crippen molar-refractivity contribution in [1.82, 2.24) is 4.90 Å². The SMILES string of the molecule is C=C(CCOC(C)=O)C(=O)N(C)C1(C)CCOCC1. The molecule has 5 nitrogen and oxygen atoms in total. The summed E-state index contributed by atoms with van der Waals surface area (Å²) in [7, 11) is 1.80. The lowest BCUT2D eigenvalue weighted by Gasteiger charge is -2.42. The Balaban J connectivity index is 2.51. The zero-order valence-corrected chi connectivity index (χ0v) is 12.0. The monoisotopic (exact) mass is 269 g/mol. The molecule has 0 spiro atoms. The molecule has 1 aliphatic heterocycles. The van der Waals surface area contributed by atoms with Crippen molar-refractivity contribution in [2.45, 2.75) is 38.6 Å². The molecule has 5 heteroatoms. The lowest BCUT2D eigenvalue weighted by Crippen LogP contribution is -2.51. The van der Waals surface area contributed by atoms with E-state index in [1.165, 1.54) is 6.92 Å². The summed E-state index contributed by atoms with van der Waals surface area (Å²) in [6, 6.07) is 0. The van der Waals surface area contributed by atoms with Crippen LogP contribution in [0, 0.1) is 0 Å². The largest absolute Gasteiger partial charge is 0.466 e. The molecular weight excluding hydrogens is 246 g/mol. The molecule has 0 N–H and O–H groups in total. The highest BCUT2D eigenvalue weighted by atomic mass is 16.5. The second-order valence-corrected chi connectivity index (χ2v) is 5.17. The maximum Gasteiger partial charge on any atom is 0.302 e. The Morgan fingerprint density at radius 2 is 1.95 bits per heavy atom. The van der Waals surface area contributed by atoms with Crippen LogP contribution in [0.4, 0.5) is 0 Å². The van der Waals surface area contributed by atoms with E-state index < -0.39 is 0 Å². The first kappa shape index (κ1) is 15.7. The molecule has 19 heavy (non-hydrogen) atoms. The number of carbonyl (C=O) groups is 2. The lowest BCUT2D eigenvalue weighted by atomic mass is 9.90. The maximum absolute atomic E-state index is 12.3. The van der Waals surface area contributed by atoms with Crippen LogP contribution in [0.3, 0.4) is 0 Å². The first-order valence-electron chi connectivity index (χ1n) is 6.54. The minimum atomic E-state index is -0.343. The van der Waals surface area contributed by atoms with Gasteiger partial charge in [-0.05, 0) is 19.8 Å². The van der Waals surface area contributed by atoms with Crippen molar-refractivity contribution < 1.29 is 19.1 Å². The van der Waals surface area contributed by atoms with E-state index in [4.69, 9.17) is 9.47 Å². The molecule has 1 amide bonds. The first-order chi connectivity index (χ1) is 8.87. The van der Waals surface area contributed by atoms with Gasteiger partial charge in [0.15, 0.2) is 0 Å². The summed E-state index contributed by atoms with van der Waals surface area (Å²) < 4.78 is 10.2. The average Bonchev–Trinajstić information content (AvgIpc) is 2.37. The minimum absolute atomic E-state index is 0.0865. The van der Waals surface area contributed by atoms with Gasteiger partial charge >= 0.3 is 5.97 Å². The molecular formula is C14H23NO4. The van der Waals surface area contributed by atoms with Gasteiger partial charge in [0, 0.05) is 44.7 Å². The van der Waals surface area contributed by atoms with Gasteiger partial charge in [-0.1, -0.05) is 6.58 Å². The number of esters is 1. The van der Waals surface area contributed by atoms with Gasteiger partial charge in [0.25, 0.3) is 0 Å². The molecule has 0 bridgehead atoms. The number of hydrogen-bond donors (Lipinski definition) is 0. The average molecular weight is 269 g/mol. The van der Waals surface area contributed by atoms with Gasteiger partial charge in [0.05, 0.1) is 6.61 Å². The second kappa shape index (κ2) is 6.70. The van der Waals surface area contributed by atoms with Gasteiger partial charge in [-0.3, -0.25) is 9.59 Å². The van der Waals surface area contributed by atoms with Crippen LogP contribution in [0.2, 0.25) is 0 Å². The third kappa shape index (κ3) is 4.35. The number of amides is 1. The topological polar surface area (TPSA) is 55.8 Å². The van der Waals surface area contributed by atoms with Crippen LogP contribution < -0.4 is 0 Å². The zero-order valence-electron chi connectivity index (χ0n) is 12.0. The van der Waals surface area contributed by atoms with E-state index in [0.29, 0.717) is 25.2 Å². The number of hydrogen-bond acceptors (Lipinski definition) is 4. The summed E-state index contributed by atoms with van der Waals surface area (Å²) in [5.74, 6) is -0.429. The standard InChI is InChI=1S/C14H23NO4/c1-11(5-8-19-12(2)16)13(17)15(4)14(3)6-9-18-10-7-14/h1,5-10H2,2-4H3. The van der Waals surface area contributed by atoms with E-state index in [0.717, 1.165) is 12.8 Å². The molecule has 1 heterocycles. The summed E-state index contributed by atoms with van der Waals surface area (Å²) in [4.78, 5) is 24.7. The molecule has 1 aliphatic rings. The quantitative estimate of drug-likeness (QED) is 0.561. The number of likely N-dealkylation sites (N-methyl/N-ethyl adjacent to an activating group) is 1. The zero-order chi connectivity index (χ0) is 14.5. The highest BCUT2D eigenvalue weighted by Crippen LogP contribution is 2.27. The Hall–Kier alpha value is -1.36. The highest BCUT2D eigenvalue weighted by molar-refractivity contribution is 5.93. The van der Waals surface area contributed by atoms with Crippen molar-refractivity contribution in [3.63, 3.8) is 0 Å². The number of ether oxygens (including phenoxy) is 2. The fraction of sp³-hybridized carbons (Fsp3) is 0.714. The number of rotatable bonds is 5. The summed E-state index contributed by atoms with van der Waals surface area (Å²) in [6.07, 6.45) is 2.02. The molecule has 0 atom stereocenters. The fourth-order valence-corrected chi connectivity index (χ4v) is 2.05. The molecule has 0 aromatic heterocycles. The van der Waals surface area contributed by atoms with Gasteiger partial charge < -0.3 is 14.4 Å². The van der Waals surface area contributed by atoms with Gasteiger partial charge in [-0.2, -0.15) is 0 Å². The maximum atomic E-state index is 12.3. The molecule has 1 rings (SSSR count). The molecule has 0 unspecified atom stereocenters. The molecule has 1 fully saturated rings. The normalized spacial score (nSPS) is 17.6. The molecule has 0 saturated carbocycles. The highest BCUT2D eigenvalue weighted by Gasteiger charge is 2.34. The van der Waals surface area contributed by atoms with Crippen LogP contribution >= 0.6 is 0 Å². The Labute approximate surface area is 114 Å². The molecule has 0 radical (unpaired) electrons. The first-order valence-corrected chi connectivity index (χ1v) is 6.54. The predicted molar refractivity (Wildman–Crippen MR) is 71.6 cm³/mol. The predicted octanol–water partition coefficient (Wildman–Crippen LogP) is 1.52. The Morgan fingerprint density at radius 3 is 2.47 bits per heavy atom. The van der Waals surface area contributed by atoms with Crippen LogP contribution in [0.5, 0.6) is 0 Å². The van der Waals surface area contributed by atoms with E-state index in [9.17, 15) is 9.59 Å². The molecule has 1 saturated heterocycles. The van der Waals surface area contributed by atoms with Crippen LogP contribution in [0.1, 0.15) is 33.1 Å². The van der Waals surface area contributed by atoms with Crippen molar-refractivity contribution in [3.05, 3.63) is 12.2 Å². The van der Waals surface area contributed by atoms with Crippen LogP contribution in [-0.2, 0) is 19.1 Å². The van der Waals surface area contributed by atoms with Crippen LogP contribution in [0.25, 0.3) is 0 Å². The molecule has 108 valence electrons. The van der Waals surface area contributed by atoms with Gasteiger partial charge in [-0.15, -0.1) is 0 Å². The van der Waals surface area contributed by atoms with Crippen LogP contribution in [-0.4, -0.2) is 49.2 Å². The molecule has 0 aromatic rings. The Kier molecular flexibility index (Phi) is 5.54. The van der Waals surface area contributed by atoms with E-state index in [1.807, 2.05) is 0 Å². The van der Waals surface area contributed by atoms with E-state index >= 15 is 0 Å². The Morgan fingerprint density at radius 1 is 1.37 bits per heavy atom. The molecule has 0 aliphatic carbocycles. The summed E-state index contributed by atoms with van der Waals surface area (Å²) in [6.45, 7) is 8.75. The Bertz CT molecular complexity index is 358. The third-order valence-corrected chi connectivity index (χ3v) is 3.70. The van der Waals surface area contributed by atoms with Gasteiger partial charge in [-0.25, -0.2) is 0 Å². The summed E-state index contributed by atoms with van der Waals surface area (Å²) in [5, 5.41) is 0. The van der Waals surface area contributed by atoms with E-state index in [1.54, 1.807) is 11.9 Å². The molecule has 0 aromatic carbocycles. The minimum Gasteiger partial charge on any atom is -0.466 e. The van der Waals surface area contributed by atoms with Crippen molar-refractivity contribution in [3.8, 4) is 0 Å². The fourth-order valence-electron chi connectivity index (χ4n) is 2.05. The van der Waals surface area contributed by atoms with Crippen molar-refractivity contribution >= 4 is 11.9 Å². The van der Waals surface area contributed by atoms with Crippen molar-refractivity contribution in [2.24, 2.45) is 0 Å². The third-order valence-electron chi connectivity index (χ3n) is 3.70. The van der Waals surface area contributed by atoms with Gasteiger partial charge in [0.1, 0.15) is 0 Å². The van der Waals surface area contributed by atoms with Gasteiger partial charge in [0.2, 0.25) is 5.91 Å². The van der Waals surface area contributed by atoms with Crippen LogP contribution in [0.15, 0.2) is 12.2 Å². The lowest BCUT2D eigenvalue weighted by molar-refractivity contribution is -0.141. The van der Waals surface area contributed by atoms with Crippen molar-refractivity contribution in [2.75, 3.05) is 26.9 Å². The van der Waals surface area contributed by atoms with E-state index in [2.05, 4.69) is 13.5 Å². The summed E-state index contributed by atoms with van der Waals surface area (Å²) >= 11 is 0. The van der Waals surface area contributed by atoms with E-state index in [-0.39, 0.29) is 24.0 Å². The number of nitrogens with zero attached hydrogens (tertiary/aromatic N) is 1. The second-order valence-electron chi connectivity index (χ2n) is 5.17. The smallest absolute Gasteiger partial charge is 0.302 e. The number of carbonyl (C=O) groups excluding carboxylic acids is 2.